The van der Waals surface area contributed by atoms with Gasteiger partial charge >= 0.3 is 6.18 Å². The van der Waals surface area contributed by atoms with Crippen LogP contribution in [-0.2, 0) is 6.18 Å². The minimum absolute atomic E-state index is 0.0195. The van der Waals surface area contributed by atoms with Crippen LogP contribution in [0.2, 0.25) is 5.02 Å². The second kappa shape index (κ2) is 6.32. The molecule has 0 spiro atoms. The molecule has 0 saturated carbocycles. The molecule has 0 unspecified atom stereocenters. The highest BCUT2D eigenvalue weighted by atomic mass is 35.5. The van der Waals surface area contributed by atoms with Crippen LogP contribution in [0, 0.1) is 0 Å². The van der Waals surface area contributed by atoms with Crippen LogP contribution in [0.15, 0.2) is 65.1 Å². The zero-order valence-electron chi connectivity index (χ0n) is 13.6. The number of aromatic nitrogens is 1. The molecule has 4 rings (SSSR count). The van der Waals surface area contributed by atoms with Gasteiger partial charge in [0.25, 0.3) is 0 Å². The Hall–Kier alpha value is -2.99. The van der Waals surface area contributed by atoms with Crippen molar-refractivity contribution in [3.8, 4) is 28.3 Å². The van der Waals surface area contributed by atoms with Gasteiger partial charge in [0.05, 0.1) is 11.1 Å². The molecule has 0 fully saturated rings. The lowest BCUT2D eigenvalue weighted by Crippen LogP contribution is -2.03. The maximum Gasteiger partial charge on any atom is 0.416 e. The number of benzene rings is 3. The standard InChI is InChI=1S/C20H11ClF3NO2/c21-14-6-8-17(26)15(10-14)19-25-16-7-3-12(9-18(16)27-19)11-1-4-13(5-2-11)20(22,23)24/h1-10,26H. The van der Waals surface area contributed by atoms with E-state index in [1.807, 2.05) is 0 Å². The fraction of sp³-hybridized carbons (Fsp3) is 0.0500. The number of halogens is 4. The van der Waals surface area contributed by atoms with Crippen LogP contribution in [0.1, 0.15) is 5.56 Å². The predicted molar refractivity (Wildman–Crippen MR) is 96.6 cm³/mol. The smallest absolute Gasteiger partial charge is 0.416 e. The second-order valence-electron chi connectivity index (χ2n) is 5.94. The van der Waals surface area contributed by atoms with Gasteiger partial charge in [-0.2, -0.15) is 13.2 Å². The zero-order chi connectivity index (χ0) is 19.2. The molecule has 136 valence electrons. The zero-order valence-corrected chi connectivity index (χ0v) is 14.3. The Morgan fingerprint density at radius 2 is 1.59 bits per heavy atom. The highest BCUT2D eigenvalue weighted by molar-refractivity contribution is 6.30. The molecule has 7 heteroatoms. The number of hydrogen-bond acceptors (Lipinski definition) is 3. The highest BCUT2D eigenvalue weighted by Gasteiger charge is 2.30. The quantitative estimate of drug-likeness (QED) is 0.423. The second-order valence-corrected chi connectivity index (χ2v) is 6.37. The first-order valence-corrected chi connectivity index (χ1v) is 8.26. The molecule has 1 aromatic heterocycles. The maximum atomic E-state index is 12.7. The van der Waals surface area contributed by atoms with Gasteiger partial charge in [-0.25, -0.2) is 4.98 Å². The topological polar surface area (TPSA) is 46.3 Å². The molecular formula is C20H11ClF3NO2. The third-order valence-corrected chi connectivity index (χ3v) is 4.36. The van der Waals surface area contributed by atoms with E-state index in [1.54, 1.807) is 30.3 Å². The molecule has 0 radical (unpaired) electrons. The lowest BCUT2D eigenvalue weighted by molar-refractivity contribution is -0.137. The largest absolute Gasteiger partial charge is 0.507 e. The molecule has 0 saturated heterocycles. The van der Waals surface area contributed by atoms with Crippen molar-refractivity contribution in [2.45, 2.75) is 6.18 Å². The van der Waals surface area contributed by atoms with Gasteiger partial charge in [-0.15, -0.1) is 0 Å². The third kappa shape index (κ3) is 3.36. The van der Waals surface area contributed by atoms with E-state index >= 15 is 0 Å². The van der Waals surface area contributed by atoms with Crippen molar-refractivity contribution in [1.82, 2.24) is 4.98 Å². The molecule has 1 heterocycles. The van der Waals surface area contributed by atoms with Gasteiger partial charge in [0.15, 0.2) is 5.58 Å². The molecule has 3 nitrogen and oxygen atoms in total. The first-order valence-electron chi connectivity index (χ1n) is 7.88. The number of oxazole rings is 1. The molecule has 0 atom stereocenters. The molecule has 3 aromatic carbocycles. The van der Waals surface area contributed by atoms with Gasteiger partial charge in [0.2, 0.25) is 5.89 Å². The number of hydrogen-bond donors (Lipinski definition) is 1. The minimum atomic E-state index is -4.37. The number of rotatable bonds is 2. The van der Waals surface area contributed by atoms with E-state index in [-0.39, 0.29) is 11.6 Å². The molecule has 4 aromatic rings. The van der Waals surface area contributed by atoms with Crippen LogP contribution < -0.4 is 0 Å². The molecular weight excluding hydrogens is 379 g/mol. The van der Waals surface area contributed by atoms with Crippen molar-refractivity contribution in [3.05, 3.63) is 71.2 Å². The Kier molecular flexibility index (Phi) is 4.08. The maximum absolute atomic E-state index is 12.7. The fourth-order valence-electron chi connectivity index (χ4n) is 2.75. The molecule has 0 bridgehead atoms. The number of phenolic OH excluding ortho intramolecular Hbond substituents is 1. The van der Waals surface area contributed by atoms with E-state index in [4.69, 9.17) is 16.0 Å². The average molecular weight is 390 g/mol. The summed E-state index contributed by atoms with van der Waals surface area (Å²) in [6.07, 6.45) is -4.37. The van der Waals surface area contributed by atoms with Gasteiger partial charge < -0.3 is 9.52 Å². The normalized spacial score (nSPS) is 11.9. The third-order valence-electron chi connectivity index (χ3n) is 4.12. The first-order chi connectivity index (χ1) is 12.8. The number of fused-ring (bicyclic) bond motifs is 1. The van der Waals surface area contributed by atoms with Gasteiger partial charge in [-0.05, 0) is 53.6 Å². The van der Waals surface area contributed by atoms with Crippen LogP contribution in [-0.4, -0.2) is 10.1 Å². The fourth-order valence-corrected chi connectivity index (χ4v) is 2.92. The first kappa shape index (κ1) is 17.4. The number of phenols is 1. The van der Waals surface area contributed by atoms with Crippen molar-refractivity contribution >= 4 is 22.7 Å². The summed E-state index contributed by atoms with van der Waals surface area (Å²) in [7, 11) is 0. The minimum Gasteiger partial charge on any atom is -0.507 e. The van der Waals surface area contributed by atoms with Crippen LogP contribution >= 0.6 is 11.6 Å². The van der Waals surface area contributed by atoms with Gasteiger partial charge in [-0.3, -0.25) is 0 Å². The van der Waals surface area contributed by atoms with Crippen LogP contribution in [0.4, 0.5) is 13.2 Å². The van der Waals surface area contributed by atoms with Crippen molar-refractivity contribution in [1.29, 1.82) is 0 Å². The van der Waals surface area contributed by atoms with E-state index in [0.29, 0.717) is 32.8 Å². The number of alkyl halides is 3. The van der Waals surface area contributed by atoms with Crippen molar-refractivity contribution in [3.63, 3.8) is 0 Å². The van der Waals surface area contributed by atoms with E-state index in [9.17, 15) is 18.3 Å². The summed E-state index contributed by atoms with van der Waals surface area (Å²) >= 11 is 5.95. The summed E-state index contributed by atoms with van der Waals surface area (Å²) in [6, 6.07) is 14.6. The molecule has 0 amide bonds. The highest BCUT2D eigenvalue weighted by Crippen LogP contribution is 2.35. The Balaban J connectivity index is 1.74. The number of nitrogens with zero attached hydrogens (tertiary/aromatic N) is 1. The monoisotopic (exact) mass is 389 g/mol. The lowest BCUT2D eigenvalue weighted by atomic mass is 10.0. The van der Waals surface area contributed by atoms with Crippen LogP contribution in [0.3, 0.4) is 0 Å². The Morgan fingerprint density at radius 3 is 2.30 bits per heavy atom. The Labute approximate surface area is 156 Å². The molecule has 27 heavy (non-hydrogen) atoms. The molecule has 0 aliphatic rings. The molecule has 0 aliphatic heterocycles. The van der Waals surface area contributed by atoms with Crippen molar-refractivity contribution in [2.24, 2.45) is 0 Å². The van der Waals surface area contributed by atoms with Crippen molar-refractivity contribution in [2.75, 3.05) is 0 Å². The number of aromatic hydroxyl groups is 1. The molecule has 1 N–H and O–H groups in total. The summed E-state index contributed by atoms with van der Waals surface area (Å²) in [5.41, 5.74) is 1.96. The van der Waals surface area contributed by atoms with Gasteiger partial charge in [0.1, 0.15) is 11.3 Å². The Morgan fingerprint density at radius 1 is 0.889 bits per heavy atom. The van der Waals surface area contributed by atoms with Gasteiger partial charge in [-0.1, -0.05) is 29.8 Å². The van der Waals surface area contributed by atoms with Crippen molar-refractivity contribution < 1.29 is 22.7 Å². The van der Waals surface area contributed by atoms with E-state index in [2.05, 4.69) is 4.98 Å². The summed E-state index contributed by atoms with van der Waals surface area (Å²) < 4.78 is 43.8. The molecule has 0 aliphatic carbocycles. The van der Waals surface area contributed by atoms with Gasteiger partial charge in [0, 0.05) is 5.02 Å². The lowest BCUT2D eigenvalue weighted by Gasteiger charge is -2.07. The summed E-state index contributed by atoms with van der Waals surface area (Å²) in [6.45, 7) is 0. The SMILES string of the molecule is Oc1ccc(Cl)cc1-c1nc2ccc(-c3ccc(C(F)(F)F)cc3)cc2o1. The summed E-state index contributed by atoms with van der Waals surface area (Å²) in [5.74, 6) is 0.184. The summed E-state index contributed by atoms with van der Waals surface area (Å²) in [4.78, 5) is 4.33. The predicted octanol–water partition coefficient (Wildman–Crippen LogP) is 6.54. The Bertz CT molecular complexity index is 1130. The summed E-state index contributed by atoms with van der Waals surface area (Å²) in [5, 5.41) is 10.4. The van der Waals surface area contributed by atoms with Crippen LogP contribution in [0.5, 0.6) is 5.75 Å². The van der Waals surface area contributed by atoms with E-state index < -0.39 is 11.7 Å². The van der Waals surface area contributed by atoms with E-state index in [0.717, 1.165) is 12.1 Å². The van der Waals surface area contributed by atoms with Crippen LogP contribution in [0.25, 0.3) is 33.7 Å². The average Bonchev–Trinajstić information content (AvgIpc) is 3.06. The van der Waals surface area contributed by atoms with E-state index in [1.165, 1.54) is 18.2 Å².